The van der Waals surface area contributed by atoms with Crippen molar-refractivity contribution in [3.05, 3.63) is 29.8 Å². The van der Waals surface area contributed by atoms with Crippen LogP contribution in [0.5, 0.6) is 5.75 Å². The Morgan fingerprint density at radius 2 is 1.88 bits per heavy atom. The van der Waals surface area contributed by atoms with E-state index >= 15 is 0 Å². The van der Waals surface area contributed by atoms with Crippen LogP contribution in [-0.2, 0) is 9.53 Å². The first-order valence-electron chi connectivity index (χ1n) is 10.1. The van der Waals surface area contributed by atoms with E-state index in [-0.39, 0.29) is 24.1 Å². The standard InChI is InChI=1S/C21H30N2O3/c1-14-21(24)23-12-4-6-18(22)19(23)13-25-16-10-8-15(9-11-16)17-5-2-3-7-20(17)26-14/h2-3,5,7,14-16,18-19H,4,6,8-13,22H2,1H3. The van der Waals surface area contributed by atoms with Gasteiger partial charge in [0, 0.05) is 12.6 Å². The van der Waals surface area contributed by atoms with Crippen LogP contribution >= 0.6 is 0 Å². The second-order valence-corrected chi connectivity index (χ2v) is 8.01. The summed E-state index contributed by atoms with van der Waals surface area (Å²) in [5.74, 6) is 1.36. The molecule has 1 amide bonds. The molecule has 142 valence electrons. The quantitative estimate of drug-likeness (QED) is 0.774. The largest absolute Gasteiger partial charge is 0.481 e. The predicted molar refractivity (Wildman–Crippen MR) is 100 cm³/mol. The highest BCUT2D eigenvalue weighted by Gasteiger charge is 2.37. The summed E-state index contributed by atoms with van der Waals surface area (Å²) in [6, 6.07) is 8.14. The Morgan fingerprint density at radius 3 is 2.69 bits per heavy atom. The molecule has 26 heavy (non-hydrogen) atoms. The number of piperidine rings is 1. The van der Waals surface area contributed by atoms with E-state index in [0.29, 0.717) is 12.5 Å². The van der Waals surface area contributed by atoms with Gasteiger partial charge in [-0.25, -0.2) is 0 Å². The molecule has 0 spiro atoms. The number of hydrogen-bond donors (Lipinski definition) is 1. The number of hydrogen-bond acceptors (Lipinski definition) is 4. The number of nitrogens with zero attached hydrogens (tertiary/aromatic N) is 1. The van der Waals surface area contributed by atoms with Gasteiger partial charge in [0.2, 0.25) is 0 Å². The van der Waals surface area contributed by atoms with Crippen molar-refractivity contribution in [2.24, 2.45) is 5.73 Å². The Balaban J connectivity index is 1.66. The molecule has 3 atom stereocenters. The highest BCUT2D eigenvalue weighted by atomic mass is 16.5. The molecule has 2 N–H and O–H groups in total. The number of amides is 1. The monoisotopic (exact) mass is 358 g/mol. The Bertz CT molecular complexity index is 642. The summed E-state index contributed by atoms with van der Waals surface area (Å²) in [6.45, 7) is 3.14. The normalized spacial score (nSPS) is 35.4. The molecule has 5 heteroatoms. The second kappa shape index (κ2) is 7.57. The number of ether oxygens (including phenoxy) is 2. The highest BCUT2D eigenvalue weighted by molar-refractivity contribution is 5.81. The number of nitrogens with two attached hydrogens (primary N) is 1. The van der Waals surface area contributed by atoms with Gasteiger partial charge in [-0.3, -0.25) is 4.79 Å². The summed E-state index contributed by atoms with van der Waals surface area (Å²) in [4.78, 5) is 15.0. The molecule has 3 unspecified atom stereocenters. The van der Waals surface area contributed by atoms with Crippen molar-refractivity contribution in [2.45, 2.75) is 75.7 Å². The van der Waals surface area contributed by atoms with E-state index in [4.69, 9.17) is 15.2 Å². The molecule has 5 nitrogen and oxygen atoms in total. The van der Waals surface area contributed by atoms with Crippen molar-refractivity contribution in [1.82, 2.24) is 4.90 Å². The molecule has 2 bridgehead atoms. The maximum atomic E-state index is 13.1. The van der Waals surface area contributed by atoms with Gasteiger partial charge in [0.15, 0.2) is 6.10 Å². The Morgan fingerprint density at radius 1 is 1.12 bits per heavy atom. The van der Waals surface area contributed by atoms with Crippen LogP contribution < -0.4 is 10.5 Å². The average molecular weight is 358 g/mol. The fourth-order valence-corrected chi connectivity index (χ4v) is 4.75. The van der Waals surface area contributed by atoms with Gasteiger partial charge in [0.05, 0.1) is 18.8 Å². The van der Waals surface area contributed by atoms with E-state index in [1.807, 2.05) is 24.0 Å². The van der Waals surface area contributed by atoms with Crippen LogP contribution in [0.1, 0.15) is 56.9 Å². The zero-order valence-corrected chi connectivity index (χ0v) is 15.6. The van der Waals surface area contributed by atoms with Crippen molar-refractivity contribution in [2.75, 3.05) is 13.2 Å². The lowest BCUT2D eigenvalue weighted by Crippen LogP contribution is -2.59. The minimum Gasteiger partial charge on any atom is -0.481 e. The fraction of sp³-hybridized carbons (Fsp3) is 0.667. The molecule has 3 heterocycles. The summed E-state index contributed by atoms with van der Waals surface area (Å²) in [5.41, 5.74) is 7.60. The topological polar surface area (TPSA) is 64.8 Å². The second-order valence-electron chi connectivity index (χ2n) is 8.01. The van der Waals surface area contributed by atoms with Crippen LogP contribution in [0.15, 0.2) is 24.3 Å². The molecule has 1 saturated carbocycles. The molecule has 1 saturated heterocycles. The number of carbonyl (C=O) groups is 1. The lowest BCUT2D eigenvalue weighted by atomic mass is 9.82. The molecule has 1 aliphatic carbocycles. The summed E-state index contributed by atoms with van der Waals surface area (Å²) < 4.78 is 12.4. The Hall–Kier alpha value is -1.59. The number of carbonyl (C=O) groups excluding carboxylic acids is 1. The number of benzene rings is 1. The van der Waals surface area contributed by atoms with Gasteiger partial charge in [0.1, 0.15) is 5.75 Å². The van der Waals surface area contributed by atoms with E-state index in [1.165, 1.54) is 5.56 Å². The van der Waals surface area contributed by atoms with Crippen molar-refractivity contribution in [1.29, 1.82) is 0 Å². The third-order valence-corrected chi connectivity index (χ3v) is 6.30. The molecule has 0 radical (unpaired) electrons. The smallest absolute Gasteiger partial charge is 0.263 e. The van der Waals surface area contributed by atoms with Crippen molar-refractivity contribution in [3.63, 3.8) is 0 Å². The zero-order valence-electron chi connectivity index (χ0n) is 15.6. The van der Waals surface area contributed by atoms with Crippen LogP contribution in [0.4, 0.5) is 0 Å². The molecule has 1 aromatic carbocycles. The van der Waals surface area contributed by atoms with Gasteiger partial charge >= 0.3 is 0 Å². The van der Waals surface area contributed by atoms with Gasteiger partial charge in [0.25, 0.3) is 5.91 Å². The lowest BCUT2D eigenvalue weighted by Gasteiger charge is -2.41. The third-order valence-electron chi connectivity index (χ3n) is 6.30. The fourth-order valence-electron chi connectivity index (χ4n) is 4.75. The van der Waals surface area contributed by atoms with Crippen molar-refractivity contribution >= 4 is 5.91 Å². The molecule has 5 rings (SSSR count). The molecular formula is C21H30N2O3. The maximum absolute atomic E-state index is 13.1. The van der Waals surface area contributed by atoms with Crippen LogP contribution in [-0.4, -0.2) is 48.3 Å². The molecule has 4 aliphatic rings. The summed E-state index contributed by atoms with van der Waals surface area (Å²) in [5, 5.41) is 0. The maximum Gasteiger partial charge on any atom is 0.263 e. The third kappa shape index (κ3) is 3.47. The van der Waals surface area contributed by atoms with E-state index in [1.54, 1.807) is 0 Å². The van der Waals surface area contributed by atoms with E-state index < -0.39 is 6.10 Å². The molecule has 0 aromatic heterocycles. The zero-order chi connectivity index (χ0) is 18.1. The first kappa shape index (κ1) is 17.8. The molecule has 1 aromatic rings. The SMILES string of the molecule is CC1Oc2ccccc2C2CCC(CC2)OCC2C(N)CCCN2C1=O. The van der Waals surface area contributed by atoms with Crippen LogP contribution in [0.3, 0.4) is 0 Å². The average Bonchev–Trinajstić information content (AvgIpc) is 2.67. The van der Waals surface area contributed by atoms with Gasteiger partial charge in [-0.1, -0.05) is 18.2 Å². The highest BCUT2D eigenvalue weighted by Crippen LogP contribution is 2.39. The van der Waals surface area contributed by atoms with E-state index in [2.05, 4.69) is 12.1 Å². The summed E-state index contributed by atoms with van der Waals surface area (Å²) >= 11 is 0. The van der Waals surface area contributed by atoms with Crippen LogP contribution in [0.25, 0.3) is 0 Å². The molecule has 2 fully saturated rings. The Kier molecular flexibility index (Phi) is 5.18. The summed E-state index contributed by atoms with van der Waals surface area (Å²) in [7, 11) is 0. The molecule has 3 aliphatic heterocycles. The van der Waals surface area contributed by atoms with Gasteiger partial charge < -0.3 is 20.1 Å². The van der Waals surface area contributed by atoms with Crippen LogP contribution in [0, 0.1) is 0 Å². The van der Waals surface area contributed by atoms with Gasteiger partial charge in [-0.05, 0) is 63.0 Å². The van der Waals surface area contributed by atoms with Crippen molar-refractivity contribution < 1.29 is 14.3 Å². The number of rotatable bonds is 0. The first-order valence-corrected chi connectivity index (χ1v) is 10.1. The molecular weight excluding hydrogens is 328 g/mol. The number of para-hydroxylation sites is 1. The minimum absolute atomic E-state index is 0.0198. The summed E-state index contributed by atoms with van der Waals surface area (Å²) in [6.07, 6.45) is 5.99. The van der Waals surface area contributed by atoms with Crippen molar-refractivity contribution in [3.8, 4) is 5.75 Å². The van der Waals surface area contributed by atoms with Gasteiger partial charge in [-0.2, -0.15) is 0 Å². The minimum atomic E-state index is -0.512. The van der Waals surface area contributed by atoms with Crippen LogP contribution in [0.2, 0.25) is 0 Å². The van der Waals surface area contributed by atoms with Gasteiger partial charge in [-0.15, -0.1) is 0 Å². The lowest BCUT2D eigenvalue weighted by molar-refractivity contribution is -0.145. The Labute approximate surface area is 155 Å². The van der Waals surface area contributed by atoms with E-state index in [0.717, 1.165) is 50.8 Å². The first-order chi connectivity index (χ1) is 12.6. The van der Waals surface area contributed by atoms with E-state index in [9.17, 15) is 4.79 Å². The number of fused-ring (bicyclic) bond motifs is 5. The predicted octanol–water partition coefficient (Wildman–Crippen LogP) is 2.83.